The highest BCUT2D eigenvalue weighted by Crippen LogP contribution is 2.24. The molecule has 0 bridgehead atoms. The topological polar surface area (TPSA) is 60.9 Å². The average molecular weight is 336 g/mol. The van der Waals surface area contributed by atoms with Gasteiger partial charge in [-0.1, -0.05) is 26.0 Å². The second-order valence-electron chi connectivity index (χ2n) is 6.94. The molecule has 0 atom stereocenters. The Kier molecular flexibility index (Phi) is 4.36. The fourth-order valence-electron chi connectivity index (χ4n) is 3.55. The predicted octanol–water partition coefficient (Wildman–Crippen LogP) is 2.80. The van der Waals surface area contributed by atoms with Crippen LogP contribution in [-0.4, -0.2) is 51.2 Å². The molecule has 3 heterocycles. The van der Waals surface area contributed by atoms with Gasteiger partial charge in [-0.25, -0.2) is 9.97 Å². The molecular formula is C19H24N6. The van der Waals surface area contributed by atoms with Crippen LogP contribution in [-0.2, 0) is 6.54 Å². The number of fused-ring (bicyclic) bond motifs is 1. The molecule has 1 N–H and O–H groups in total. The van der Waals surface area contributed by atoms with Gasteiger partial charge in [-0.05, 0) is 18.1 Å². The quantitative estimate of drug-likeness (QED) is 0.794. The van der Waals surface area contributed by atoms with E-state index in [1.807, 2.05) is 18.3 Å². The lowest BCUT2D eigenvalue weighted by Crippen LogP contribution is -2.46. The summed E-state index contributed by atoms with van der Waals surface area (Å²) in [5.74, 6) is 1.53. The Bertz CT molecular complexity index is 843. The van der Waals surface area contributed by atoms with Crippen molar-refractivity contribution in [3.63, 3.8) is 0 Å². The summed E-state index contributed by atoms with van der Waals surface area (Å²) in [6, 6.07) is 8.23. The first kappa shape index (κ1) is 16.0. The lowest BCUT2D eigenvalue weighted by Gasteiger charge is -2.35. The highest BCUT2D eigenvalue weighted by atomic mass is 15.3. The molecule has 6 heteroatoms. The third-order valence-electron chi connectivity index (χ3n) is 4.92. The molecule has 3 aromatic rings. The summed E-state index contributed by atoms with van der Waals surface area (Å²) in [5, 5.41) is 8.51. The number of H-pyrrole nitrogens is 1. The Labute approximate surface area is 147 Å². The van der Waals surface area contributed by atoms with Gasteiger partial charge in [0.2, 0.25) is 0 Å². The van der Waals surface area contributed by atoms with Crippen molar-refractivity contribution in [1.29, 1.82) is 0 Å². The Balaban J connectivity index is 1.45. The maximum Gasteiger partial charge on any atom is 0.139 e. The zero-order chi connectivity index (χ0) is 17.2. The lowest BCUT2D eigenvalue weighted by atomic mass is 10.1. The Morgan fingerprint density at radius 2 is 1.88 bits per heavy atom. The van der Waals surface area contributed by atoms with Crippen LogP contribution in [0.2, 0.25) is 0 Å². The molecule has 0 amide bonds. The molecule has 0 radical (unpaired) electrons. The number of rotatable bonds is 4. The number of hydrogen-bond acceptors (Lipinski definition) is 5. The van der Waals surface area contributed by atoms with Crippen molar-refractivity contribution in [3.05, 3.63) is 48.0 Å². The zero-order valence-electron chi connectivity index (χ0n) is 14.8. The largest absolute Gasteiger partial charge is 0.353 e. The van der Waals surface area contributed by atoms with Crippen LogP contribution in [0.1, 0.15) is 31.0 Å². The zero-order valence-corrected chi connectivity index (χ0v) is 14.8. The summed E-state index contributed by atoms with van der Waals surface area (Å²) in [5.41, 5.74) is 3.58. The minimum atomic E-state index is 0.478. The summed E-state index contributed by atoms with van der Waals surface area (Å²) in [7, 11) is 0. The second-order valence-corrected chi connectivity index (χ2v) is 6.94. The van der Waals surface area contributed by atoms with Gasteiger partial charge in [0, 0.05) is 49.4 Å². The van der Waals surface area contributed by atoms with Crippen LogP contribution in [0.4, 0.5) is 5.82 Å². The summed E-state index contributed by atoms with van der Waals surface area (Å²) in [6.45, 7) is 9.39. The normalized spacial score (nSPS) is 16.0. The average Bonchev–Trinajstić information content (AvgIpc) is 3.10. The van der Waals surface area contributed by atoms with Gasteiger partial charge in [0.15, 0.2) is 0 Å². The Hall–Kier alpha value is -2.47. The van der Waals surface area contributed by atoms with Crippen LogP contribution >= 0.6 is 0 Å². The molecule has 1 aliphatic heterocycles. The van der Waals surface area contributed by atoms with Gasteiger partial charge in [-0.2, -0.15) is 5.10 Å². The standard InChI is InChI=1S/C19H24N6/c1-14(2)18-15(11-22-23-18)12-24-7-9-25(10-8-24)19-16-5-3-4-6-17(16)20-13-21-19/h3-6,11,13-14H,7-10,12H2,1-2H3,(H,22,23). The van der Waals surface area contributed by atoms with Gasteiger partial charge in [0.1, 0.15) is 12.1 Å². The SMILES string of the molecule is CC(C)c1[nH]ncc1CN1CCN(c2ncnc3ccccc23)CC1. The number of benzene rings is 1. The van der Waals surface area contributed by atoms with Crippen LogP contribution < -0.4 is 4.90 Å². The molecule has 0 aliphatic carbocycles. The highest BCUT2D eigenvalue weighted by Gasteiger charge is 2.21. The van der Waals surface area contributed by atoms with E-state index in [2.05, 4.69) is 55.9 Å². The van der Waals surface area contributed by atoms with Crippen molar-refractivity contribution in [3.8, 4) is 0 Å². The molecule has 1 saturated heterocycles. The molecule has 1 aromatic carbocycles. The molecule has 6 nitrogen and oxygen atoms in total. The van der Waals surface area contributed by atoms with E-state index >= 15 is 0 Å². The molecule has 0 spiro atoms. The van der Waals surface area contributed by atoms with Gasteiger partial charge in [-0.15, -0.1) is 0 Å². The van der Waals surface area contributed by atoms with E-state index in [4.69, 9.17) is 0 Å². The number of nitrogens with zero attached hydrogens (tertiary/aromatic N) is 5. The number of nitrogens with one attached hydrogen (secondary N) is 1. The number of aromatic amines is 1. The van der Waals surface area contributed by atoms with Crippen molar-refractivity contribution in [2.45, 2.75) is 26.3 Å². The van der Waals surface area contributed by atoms with Crippen LogP contribution in [0.15, 0.2) is 36.8 Å². The molecule has 25 heavy (non-hydrogen) atoms. The van der Waals surface area contributed by atoms with E-state index in [9.17, 15) is 0 Å². The summed E-state index contributed by atoms with van der Waals surface area (Å²) < 4.78 is 0. The smallest absolute Gasteiger partial charge is 0.139 e. The Morgan fingerprint density at radius 1 is 1.08 bits per heavy atom. The fraction of sp³-hybridized carbons (Fsp3) is 0.421. The van der Waals surface area contributed by atoms with Gasteiger partial charge in [-0.3, -0.25) is 10.00 Å². The number of piperazine rings is 1. The van der Waals surface area contributed by atoms with Crippen molar-refractivity contribution < 1.29 is 0 Å². The van der Waals surface area contributed by atoms with E-state index in [0.29, 0.717) is 5.92 Å². The number of hydrogen-bond donors (Lipinski definition) is 1. The maximum absolute atomic E-state index is 4.55. The van der Waals surface area contributed by atoms with Crippen molar-refractivity contribution in [2.75, 3.05) is 31.1 Å². The van der Waals surface area contributed by atoms with E-state index in [-0.39, 0.29) is 0 Å². The first-order valence-electron chi connectivity index (χ1n) is 8.91. The van der Waals surface area contributed by atoms with Crippen molar-refractivity contribution in [2.24, 2.45) is 0 Å². The first-order valence-corrected chi connectivity index (χ1v) is 8.91. The number of anilines is 1. The van der Waals surface area contributed by atoms with Gasteiger partial charge in [0.25, 0.3) is 0 Å². The van der Waals surface area contributed by atoms with Crippen LogP contribution in [0.5, 0.6) is 0 Å². The van der Waals surface area contributed by atoms with Gasteiger partial charge < -0.3 is 4.90 Å². The summed E-state index contributed by atoms with van der Waals surface area (Å²) >= 11 is 0. The van der Waals surface area contributed by atoms with Crippen LogP contribution in [0.3, 0.4) is 0 Å². The monoisotopic (exact) mass is 336 g/mol. The van der Waals surface area contributed by atoms with E-state index < -0.39 is 0 Å². The molecule has 130 valence electrons. The molecule has 2 aromatic heterocycles. The third-order valence-corrected chi connectivity index (χ3v) is 4.92. The fourth-order valence-corrected chi connectivity index (χ4v) is 3.55. The second kappa shape index (κ2) is 6.80. The predicted molar refractivity (Wildman–Crippen MR) is 99.7 cm³/mol. The number of aromatic nitrogens is 4. The third kappa shape index (κ3) is 3.22. The minimum absolute atomic E-state index is 0.478. The molecular weight excluding hydrogens is 312 g/mol. The van der Waals surface area contributed by atoms with Crippen molar-refractivity contribution in [1.82, 2.24) is 25.1 Å². The minimum Gasteiger partial charge on any atom is -0.353 e. The first-order chi connectivity index (χ1) is 12.2. The lowest BCUT2D eigenvalue weighted by molar-refractivity contribution is 0.248. The van der Waals surface area contributed by atoms with E-state index in [1.54, 1.807) is 6.33 Å². The van der Waals surface area contributed by atoms with Crippen LogP contribution in [0, 0.1) is 0 Å². The summed E-state index contributed by atoms with van der Waals surface area (Å²) in [4.78, 5) is 13.8. The van der Waals surface area contributed by atoms with E-state index in [1.165, 1.54) is 11.3 Å². The molecule has 0 unspecified atom stereocenters. The molecule has 4 rings (SSSR count). The van der Waals surface area contributed by atoms with Gasteiger partial charge in [0.05, 0.1) is 11.7 Å². The van der Waals surface area contributed by atoms with Gasteiger partial charge >= 0.3 is 0 Å². The number of para-hydroxylation sites is 1. The molecule has 1 fully saturated rings. The van der Waals surface area contributed by atoms with E-state index in [0.717, 1.165) is 49.4 Å². The molecule has 0 saturated carbocycles. The maximum atomic E-state index is 4.55. The van der Waals surface area contributed by atoms with Crippen LogP contribution in [0.25, 0.3) is 10.9 Å². The van der Waals surface area contributed by atoms with Crippen molar-refractivity contribution >= 4 is 16.7 Å². The Morgan fingerprint density at radius 3 is 2.68 bits per heavy atom. The molecule has 1 aliphatic rings. The highest BCUT2D eigenvalue weighted by molar-refractivity contribution is 5.89. The summed E-state index contributed by atoms with van der Waals surface area (Å²) in [6.07, 6.45) is 3.64.